The lowest BCUT2D eigenvalue weighted by Crippen LogP contribution is -2.58. The number of rotatable bonds is 5. The Labute approximate surface area is 159 Å². The molecule has 9 nitrogen and oxygen atoms in total. The van der Waals surface area contributed by atoms with Crippen LogP contribution >= 0.6 is 0 Å². The third-order valence-electron chi connectivity index (χ3n) is 4.52. The molecule has 0 saturated carbocycles. The first-order chi connectivity index (χ1) is 13.3. The van der Waals surface area contributed by atoms with E-state index in [1.54, 1.807) is 6.92 Å². The molecular weight excluding hydrogens is 370 g/mol. The molecule has 28 heavy (non-hydrogen) atoms. The number of ether oxygens (including phenoxy) is 2. The highest BCUT2D eigenvalue weighted by molar-refractivity contribution is 6.09. The van der Waals surface area contributed by atoms with Gasteiger partial charge in [-0.2, -0.15) is 0 Å². The van der Waals surface area contributed by atoms with E-state index in [2.05, 4.69) is 0 Å². The van der Waals surface area contributed by atoms with Gasteiger partial charge in [0.1, 0.15) is 24.1 Å². The molecule has 0 radical (unpaired) electrons. The molecule has 0 bridgehead atoms. The Balaban J connectivity index is 1.69. The number of hydrogen-bond donors (Lipinski definition) is 3. The number of aliphatic hydroxyl groups is 3. The Hall–Kier alpha value is -2.85. The van der Waals surface area contributed by atoms with E-state index in [9.17, 15) is 30.2 Å². The molecule has 1 saturated heterocycles. The normalized spacial score (nSPS) is 27.2. The van der Waals surface area contributed by atoms with Crippen LogP contribution in [0, 0.1) is 10.1 Å². The first-order valence-corrected chi connectivity index (χ1v) is 8.53. The topological polar surface area (TPSA) is 139 Å². The molecule has 5 atom stereocenters. The van der Waals surface area contributed by atoms with Crippen LogP contribution < -0.4 is 4.74 Å². The van der Waals surface area contributed by atoms with Crippen LogP contribution in [0.2, 0.25) is 0 Å². The Morgan fingerprint density at radius 3 is 2.04 bits per heavy atom. The number of nitro benzene ring substituents is 1. The fourth-order valence-corrected chi connectivity index (χ4v) is 2.83. The minimum Gasteiger partial charge on any atom is -0.462 e. The molecule has 1 fully saturated rings. The fraction of sp³-hybridized carbons (Fsp3) is 0.316. The molecule has 148 valence electrons. The second kappa shape index (κ2) is 8.03. The van der Waals surface area contributed by atoms with E-state index in [4.69, 9.17) is 9.47 Å². The van der Waals surface area contributed by atoms with Crippen LogP contribution in [0.3, 0.4) is 0 Å². The number of nitrogens with zero attached hydrogens (tertiary/aromatic N) is 1. The van der Waals surface area contributed by atoms with Crippen molar-refractivity contribution in [1.29, 1.82) is 0 Å². The van der Waals surface area contributed by atoms with E-state index in [1.807, 2.05) is 0 Å². The average molecular weight is 389 g/mol. The summed E-state index contributed by atoms with van der Waals surface area (Å²) in [5.41, 5.74) is 0.541. The van der Waals surface area contributed by atoms with E-state index < -0.39 is 35.6 Å². The first kappa shape index (κ1) is 19.9. The van der Waals surface area contributed by atoms with E-state index in [0.717, 1.165) is 0 Å². The summed E-state index contributed by atoms with van der Waals surface area (Å²) in [6.07, 6.45) is -5.98. The first-order valence-electron chi connectivity index (χ1n) is 8.53. The van der Waals surface area contributed by atoms with Crippen LogP contribution in [0.1, 0.15) is 22.8 Å². The highest BCUT2D eigenvalue weighted by Crippen LogP contribution is 2.25. The SMILES string of the molecule is C[C@@H]1O[C@H](Oc2ccc(C(=O)c3ccc([N+](=O)[O-])cc3)cc2)[C@H](O)[C@H](O)[C@H]1O. The molecule has 3 rings (SSSR count). The van der Waals surface area contributed by atoms with E-state index in [0.29, 0.717) is 16.9 Å². The van der Waals surface area contributed by atoms with Crippen LogP contribution in [0.25, 0.3) is 0 Å². The van der Waals surface area contributed by atoms with Gasteiger partial charge in [0.05, 0.1) is 11.0 Å². The van der Waals surface area contributed by atoms with Crippen molar-refractivity contribution in [3.05, 3.63) is 69.8 Å². The minimum absolute atomic E-state index is 0.104. The van der Waals surface area contributed by atoms with Gasteiger partial charge in [0, 0.05) is 23.3 Å². The smallest absolute Gasteiger partial charge is 0.269 e. The van der Waals surface area contributed by atoms with E-state index in [-0.39, 0.29) is 11.5 Å². The maximum absolute atomic E-state index is 12.5. The molecule has 3 N–H and O–H groups in total. The van der Waals surface area contributed by atoms with Crippen molar-refractivity contribution in [1.82, 2.24) is 0 Å². The van der Waals surface area contributed by atoms with Gasteiger partial charge in [0.2, 0.25) is 6.29 Å². The number of carbonyl (C=O) groups excluding carboxylic acids is 1. The summed E-state index contributed by atoms with van der Waals surface area (Å²) in [4.78, 5) is 22.6. The number of non-ortho nitro benzene ring substituents is 1. The zero-order valence-electron chi connectivity index (χ0n) is 14.8. The van der Waals surface area contributed by atoms with E-state index in [1.165, 1.54) is 48.5 Å². The van der Waals surface area contributed by atoms with Gasteiger partial charge in [-0.05, 0) is 43.3 Å². The van der Waals surface area contributed by atoms with Gasteiger partial charge < -0.3 is 24.8 Å². The van der Waals surface area contributed by atoms with Gasteiger partial charge in [-0.1, -0.05) is 0 Å². The molecule has 1 aliphatic rings. The third-order valence-corrected chi connectivity index (χ3v) is 4.52. The molecule has 0 amide bonds. The van der Waals surface area contributed by atoms with Crippen molar-refractivity contribution in [2.75, 3.05) is 0 Å². The highest BCUT2D eigenvalue weighted by atomic mass is 16.7. The second-order valence-electron chi connectivity index (χ2n) is 6.46. The standard InChI is InChI=1S/C19H19NO8/c1-10-15(21)17(23)18(24)19(27-10)28-14-8-4-12(5-9-14)16(22)11-2-6-13(7-3-11)20(25)26/h2-10,15,17-19,21,23-24H,1H3/t10-,15-,17+,18+,19+/m0/s1. The van der Waals surface area contributed by atoms with Crippen molar-refractivity contribution >= 4 is 11.5 Å². The predicted molar refractivity (Wildman–Crippen MR) is 96.0 cm³/mol. The summed E-state index contributed by atoms with van der Waals surface area (Å²) in [6.45, 7) is 1.54. The van der Waals surface area contributed by atoms with Crippen LogP contribution in [0.4, 0.5) is 5.69 Å². The molecular formula is C19H19NO8. The quantitative estimate of drug-likeness (QED) is 0.391. The minimum atomic E-state index is -1.44. The molecule has 0 aromatic heterocycles. The number of carbonyl (C=O) groups is 1. The van der Waals surface area contributed by atoms with Gasteiger partial charge in [-0.3, -0.25) is 14.9 Å². The van der Waals surface area contributed by atoms with Crippen molar-refractivity contribution in [2.24, 2.45) is 0 Å². The van der Waals surface area contributed by atoms with Crippen molar-refractivity contribution in [2.45, 2.75) is 37.6 Å². The molecule has 0 unspecified atom stereocenters. The Morgan fingerprint density at radius 2 is 1.50 bits per heavy atom. The number of ketones is 1. The molecule has 0 aliphatic carbocycles. The predicted octanol–water partition coefficient (Wildman–Crippen LogP) is 1.03. The van der Waals surface area contributed by atoms with Crippen LogP contribution in [-0.4, -0.2) is 56.7 Å². The molecule has 2 aromatic rings. The maximum atomic E-state index is 12.5. The molecule has 1 heterocycles. The summed E-state index contributed by atoms with van der Waals surface area (Å²) in [7, 11) is 0. The summed E-state index contributed by atoms with van der Waals surface area (Å²) < 4.78 is 10.9. The van der Waals surface area contributed by atoms with Crippen molar-refractivity contribution in [3.63, 3.8) is 0 Å². The summed E-state index contributed by atoms with van der Waals surface area (Å²) in [5, 5.41) is 40.2. The summed E-state index contributed by atoms with van der Waals surface area (Å²) >= 11 is 0. The number of hydrogen-bond acceptors (Lipinski definition) is 8. The van der Waals surface area contributed by atoms with Gasteiger partial charge in [-0.15, -0.1) is 0 Å². The molecule has 2 aromatic carbocycles. The van der Waals surface area contributed by atoms with Crippen LogP contribution in [-0.2, 0) is 4.74 Å². The number of benzene rings is 2. The van der Waals surface area contributed by atoms with Gasteiger partial charge in [-0.25, -0.2) is 0 Å². The summed E-state index contributed by atoms with van der Waals surface area (Å²) in [6, 6.07) is 11.3. The van der Waals surface area contributed by atoms with Gasteiger partial charge in [0.25, 0.3) is 5.69 Å². The third kappa shape index (κ3) is 4.02. The lowest BCUT2D eigenvalue weighted by Gasteiger charge is -2.38. The zero-order valence-corrected chi connectivity index (χ0v) is 14.8. The average Bonchev–Trinajstić information content (AvgIpc) is 2.70. The van der Waals surface area contributed by atoms with Crippen LogP contribution in [0.5, 0.6) is 5.75 Å². The van der Waals surface area contributed by atoms with Crippen molar-refractivity contribution in [3.8, 4) is 5.75 Å². The number of aliphatic hydroxyl groups excluding tert-OH is 3. The zero-order chi connectivity index (χ0) is 20.4. The molecule has 0 spiro atoms. The Morgan fingerprint density at radius 1 is 0.964 bits per heavy atom. The highest BCUT2D eigenvalue weighted by Gasteiger charge is 2.43. The largest absolute Gasteiger partial charge is 0.462 e. The lowest BCUT2D eigenvalue weighted by atomic mass is 10.00. The van der Waals surface area contributed by atoms with Crippen LogP contribution in [0.15, 0.2) is 48.5 Å². The van der Waals surface area contributed by atoms with Crippen molar-refractivity contribution < 1.29 is 34.5 Å². The molecule has 1 aliphatic heterocycles. The Kier molecular flexibility index (Phi) is 5.71. The molecule has 9 heteroatoms. The maximum Gasteiger partial charge on any atom is 0.269 e. The number of nitro groups is 1. The lowest BCUT2D eigenvalue weighted by molar-refractivity contribution is -0.384. The fourth-order valence-electron chi connectivity index (χ4n) is 2.83. The summed E-state index contributed by atoms with van der Waals surface area (Å²) in [5.74, 6) is -0.0253. The van der Waals surface area contributed by atoms with Gasteiger partial charge in [0.15, 0.2) is 5.78 Å². The van der Waals surface area contributed by atoms with E-state index >= 15 is 0 Å². The monoisotopic (exact) mass is 389 g/mol. The Bertz CT molecular complexity index is 851. The van der Waals surface area contributed by atoms with Gasteiger partial charge >= 0.3 is 0 Å². The second-order valence-corrected chi connectivity index (χ2v) is 6.46.